The van der Waals surface area contributed by atoms with Crippen molar-refractivity contribution in [2.75, 3.05) is 58.0 Å². The molecule has 18 aromatic rings. The molecule has 129 heavy (non-hydrogen) atoms. The quantitative estimate of drug-likeness (QED) is 0.0271. The Morgan fingerprint density at radius 2 is 0.589 bits per heavy atom. The van der Waals surface area contributed by atoms with Gasteiger partial charge in [-0.1, -0.05) is 6.42 Å². The highest BCUT2D eigenvalue weighted by atomic mass is 32.2. The average molecular weight is 1790 g/mol. The Balaban J connectivity index is 0.000000126. The first-order valence-electron chi connectivity index (χ1n) is 41.6. The second-order valence-corrected chi connectivity index (χ2v) is 38.1. The molecule has 15 aromatic heterocycles. The number of benzene rings is 3. The van der Waals surface area contributed by atoms with Crippen molar-refractivity contribution in [1.82, 2.24) is 134 Å². The monoisotopic (exact) mass is 1790 g/mol. The van der Waals surface area contributed by atoms with Crippen LogP contribution in [0.15, 0.2) is 184 Å². The van der Waals surface area contributed by atoms with Crippen LogP contribution in [0.1, 0.15) is 71.9 Å². The Morgan fingerprint density at radius 1 is 0.310 bits per heavy atom. The number of aromatic amines is 6. The maximum Gasteiger partial charge on any atom is 0.209 e. The van der Waals surface area contributed by atoms with Gasteiger partial charge in [-0.25, -0.2) is 82.5 Å². The third kappa shape index (κ3) is 19.6. The lowest BCUT2D eigenvalue weighted by Gasteiger charge is -2.30. The normalized spacial score (nSPS) is 14.3. The van der Waals surface area contributed by atoms with Gasteiger partial charge in [0.15, 0.2) is 34.4 Å². The number of halogens is 3. The molecule has 3 saturated heterocycles. The molecule has 3 aromatic carbocycles. The number of nitrogens with zero attached hydrogens (tertiary/aromatic N) is 18. The Labute approximate surface area is 736 Å². The maximum absolute atomic E-state index is 14.6. The zero-order valence-electron chi connectivity index (χ0n) is 69.9. The Bertz CT molecular complexity index is 7680. The van der Waals surface area contributed by atoms with Crippen molar-refractivity contribution < 1.29 is 38.4 Å². The van der Waals surface area contributed by atoms with Crippen LogP contribution < -0.4 is 14.2 Å². The first kappa shape index (κ1) is 84.7. The highest BCUT2D eigenvalue weighted by molar-refractivity contribution is 7.89. The van der Waals surface area contributed by atoms with Gasteiger partial charge in [0.1, 0.15) is 34.5 Å². The predicted octanol–water partition coefficient (Wildman–Crippen LogP) is 13.2. The van der Waals surface area contributed by atoms with E-state index in [9.17, 15) is 38.4 Å². The fourth-order valence-corrected chi connectivity index (χ4v) is 17.7. The summed E-state index contributed by atoms with van der Waals surface area (Å²) >= 11 is 0. The third-order valence-corrected chi connectivity index (χ3v) is 24.7. The molecule has 0 unspecified atom stereocenters. The van der Waals surface area contributed by atoms with Gasteiger partial charge in [-0.3, -0.25) is 59.9 Å². The maximum atomic E-state index is 14.6. The predicted molar refractivity (Wildman–Crippen MR) is 485 cm³/mol. The Kier molecular flexibility index (Phi) is 23.5. The molecule has 3 aliphatic heterocycles. The molecule has 33 nitrogen and oxygen atoms in total. The number of aromatic nitrogens is 21. The lowest BCUT2D eigenvalue weighted by molar-refractivity contribution is 0.172. The number of H-pyrrole nitrogens is 6. The van der Waals surface area contributed by atoms with Gasteiger partial charge in [-0.15, -0.1) is 0 Å². The standard InChI is InChI=1S/C31H30FN9O2S.C30H28FN9O2S.C29H26FN9O2S/c1-44(42,43)36-13-19-7-21(10-24(32)9-19)26-16-34-17-27-28(26)38-31(37-27)29-25-11-23(15-35-30(25)40-39-29)22-8-20(12-33-14-22)18-41-5-3-2-4-6-41;1-43(41,42)35-12-18-6-20(9-23(31)8-18)25-15-33-16-26-27(25)37-30(36-26)28-24-10-22(14-34-29(24)39-38-28)21-7-19(11-32-13-21)17-40-4-2-3-5-40;1-42(40,41)34-11-17-5-19(8-22(30)7-17)24-14-32-15-25-26(24)36-29(35-25)27-23-9-21(13-33-28(23)38-37-27)20-6-18(10-31-12-20)16-39-3-2-4-39/h7-12,14-17,36H,2-6,13,18H2,1H3,(H,37,38)(H,35,39,40);6-11,13-16,35H,2-5,12,17H2,1H3,(H,36,37)(H,34,38,39);5-10,12-15,34H,2-4,11,16H2,1H3,(H,35,36)(H,33,37,38). The van der Waals surface area contributed by atoms with Gasteiger partial charge in [0.05, 0.1) is 86.6 Å². The van der Waals surface area contributed by atoms with E-state index in [-0.39, 0.29) is 19.6 Å². The molecule has 0 atom stereocenters. The molecule has 3 fully saturated rings. The number of imidazole rings is 3. The topological polar surface area (TPSA) is 436 Å². The molecule has 0 saturated carbocycles. The van der Waals surface area contributed by atoms with Gasteiger partial charge in [-0.05, 0) is 212 Å². The Morgan fingerprint density at radius 3 is 0.884 bits per heavy atom. The van der Waals surface area contributed by atoms with E-state index in [1.165, 1.54) is 80.5 Å². The number of piperidine rings is 1. The zero-order chi connectivity index (χ0) is 88.7. The highest BCUT2D eigenvalue weighted by Gasteiger charge is 2.25. The number of hydrogen-bond donors (Lipinski definition) is 9. The minimum atomic E-state index is -3.44. The number of sulfonamides is 3. The fourth-order valence-electron chi connectivity index (χ4n) is 16.4. The van der Waals surface area contributed by atoms with Crippen LogP contribution in [0.25, 0.3) is 168 Å². The van der Waals surface area contributed by atoms with Crippen LogP contribution in [0.4, 0.5) is 13.2 Å². The molecule has 0 radical (unpaired) electrons. The zero-order valence-corrected chi connectivity index (χ0v) is 72.4. The number of fused-ring (bicyclic) bond motifs is 6. The molecule has 654 valence electrons. The molecule has 18 heterocycles. The lowest BCUT2D eigenvalue weighted by atomic mass is 10.0. The van der Waals surface area contributed by atoms with Gasteiger partial charge in [0, 0.05) is 164 Å². The summed E-state index contributed by atoms with van der Waals surface area (Å²) in [5.41, 5.74) is 21.3. The van der Waals surface area contributed by atoms with E-state index in [1.54, 1.807) is 74.0 Å². The van der Waals surface area contributed by atoms with E-state index < -0.39 is 47.5 Å². The first-order valence-corrected chi connectivity index (χ1v) is 47.3. The van der Waals surface area contributed by atoms with E-state index >= 15 is 0 Å². The highest BCUT2D eigenvalue weighted by Crippen LogP contribution is 2.39. The molecule has 9 N–H and O–H groups in total. The largest absolute Gasteiger partial charge is 0.335 e. The fraction of sp³-hybridized carbons (Fsp3) is 0.233. The first-order chi connectivity index (χ1) is 62.4. The van der Waals surface area contributed by atoms with Crippen molar-refractivity contribution in [2.45, 2.75) is 77.8 Å². The van der Waals surface area contributed by atoms with Crippen molar-refractivity contribution >= 4 is 96.3 Å². The minimum absolute atomic E-state index is 0.0367. The summed E-state index contributed by atoms with van der Waals surface area (Å²) in [5.74, 6) is 0.110. The number of likely N-dealkylation sites (tertiary alicyclic amines) is 3. The molecule has 0 bridgehead atoms. The Hall–Kier alpha value is -13.8. The smallest absolute Gasteiger partial charge is 0.209 e. The summed E-state index contributed by atoms with van der Waals surface area (Å²) in [7, 11) is -10.3. The van der Waals surface area contributed by atoms with Gasteiger partial charge in [0.25, 0.3) is 0 Å². The van der Waals surface area contributed by atoms with Crippen molar-refractivity contribution in [3.05, 3.63) is 235 Å². The minimum Gasteiger partial charge on any atom is -0.335 e. The van der Waals surface area contributed by atoms with Crippen molar-refractivity contribution in [3.8, 4) is 101 Å². The number of hydrogen-bond acceptors (Lipinski definition) is 24. The van der Waals surface area contributed by atoms with E-state index in [0.29, 0.717) is 135 Å². The average Bonchev–Trinajstić information content (AvgIpc) is 1.66. The summed E-state index contributed by atoms with van der Waals surface area (Å²) < 4.78 is 120. The summed E-state index contributed by atoms with van der Waals surface area (Å²) in [6.45, 7) is 9.23. The van der Waals surface area contributed by atoms with Crippen molar-refractivity contribution in [2.24, 2.45) is 0 Å². The molecular weight excluding hydrogens is 1710 g/mol. The van der Waals surface area contributed by atoms with Crippen LogP contribution in [0.2, 0.25) is 0 Å². The van der Waals surface area contributed by atoms with Crippen LogP contribution in [-0.2, 0) is 69.3 Å². The van der Waals surface area contributed by atoms with E-state index in [4.69, 9.17) is 15.0 Å². The lowest BCUT2D eigenvalue weighted by Crippen LogP contribution is -2.36. The molecule has 0 amide bonds. The molecule has 39 heteroatoms. The van der Waals surface area contributed by atoms with Gasteiger partial charge in [0.2, 0.25) is 30.1 Å². The number of rotatable bonds is 24. The van der Waals surface area contributed by atoms with E-state index in [2.05, 4.69) is 137 Å². The summed E-state index contributed by atoms with van der Waals surface area (Å²) in [6.07, 6.45) is 37.1. The van der Waals surface area contributed by atoms with Crippen molar-refractivity contribution in [1.29, 1.82) is 0 Å². The van der Waals surface area contributed by atoms with Gasteiger partial charge < -0.3 is 15.0 Å². The molecule has 0 spiro atoms. The summed E-state index contributed by atoms with van der Waals surface area (Å²) in [5, 5.41) is 24.7. The van der Waals surface area contributed by atoms with Crippen LogP contribution >= 0.6 is 0 Å². The summed E-state index contributed by atoms with van der Waals surface area (Å²) in [6, 6.07) is 25.7. The van der Waals surface area contributed by atoms with Crippen molar-refractivity contribution in [3.63, 3.8) is 0 Å². The second kappa shape index (κ2) is 35.8. The van der Waals surface area contributed by atoms with Crippen LogP contribution in [0, 0.1) is 17.5 Å². The number of nitrogens with one attached hydrogen (secondary N) is 9. The van der Waals surface area contributed by atoms with E-state index in [0.717, 1.165) is 138 Å². The molecule has 3 aliphatic rings. The second-order valence-electron chi connectivity index (χ2n) is 32.6. The van der Waals surface area contributed by atoms with Gasteiger partial charge >= 0.3 is 0 Å². The SMILES string of the molecule is CS(=O)(=O)NCc1cc(F)cc(-c2cncc3[nH]c(-c4[nH]nc5ncc(-c6cncc(CN7CCC7)c6)cc45)nc23)c1.CS(=O)(=O)NCc1cc(F)cc(-c2cncc3[nH]c(-c4[nH]nc5ncc(-c6cncc(CN7CCCC7)c6)cc45)nc23)c1.CS(=O)(=O)NCc1cc(F)cc(-c2cncc3[nH]c(-c4[nH]nc5ncc(-c6cncc(CN7CCCCC7)c6)cc45)nc23)c1. The van der Waals surface area contributed by atoms with Crippen LogP contribution in [-0.4, -0.2) is 203 Å². The molecular formula is C90H84F3N27O6S3. The van der Waals surface area contributed by atoms with Crippen LogP contribution in [0.3, 0.4) is 0 Å². The third-order valence-electron chi connectivity index (χ3n) is 22.7. The number of pyridine rings is 9. The van der Waals surface area contributed by atoms with Crippen LogP contribution in [0.5, 0.6) is 0 Å². The molecule has 21 rings (SSSR count). The van der Waals surface area contributed by atoms with Gasteiger partial charge in [-0.2, -0.15) is 15.3 Å². The van der Waals surface area contributed by atoms with E-state index in [1.807, 2.05) is 55.4 Å². The molecule has 0 aliphatic carbocycles. The summed E-state index contributed by atoms with van der Waals surface area (Å²) in [4.78, 5) is 72.0.